The molecule has 0 atom stereocenters. The van der Waals surface area contributed by atoms with Crippen LogP contribution in [0.4, 0.5) is 0 Å². The zero-order chi connectivity index (χ0) is 10.9. The van der Waals surface area contributed by atoms with Crippen LogP contribution in [0.2, 0.25) is 0 Å². The zero-order valence-electron chi connectivity index (χ0n) is 8.41. The highest BCUT2D eigenvalue weighted by Crippen LogP contribution is 1.96. The van der Waals surface area contributed by atoms with E-state index in [1.54, 1.807) is 0 Å². The van der Waals surface area contributed by atoms with Gasteiger partial charge in [-0.1, -0.05) is 20.8 Å². The quantitative estimate of drug-likeness (QED) is 0.710. The van der Waals surface area contributed by atoms with Crippen molar-refractivity contribution in [3.63, 3.8) is 0 Å². The van der Waals surface area contributed by atoms with Crippen molar-refractivity contribution in [2.75, 3.05) is 0 Å². The van der Waals surface area contributed by atoms with E-state index in [-0.39, 0.29) is 12.3 Å². The minimum atomic E-state index is -0.713. The highest BCUT2D eigenvalue weighted by Gasteiger charge is 1.98. The number of hydrogen-bond donors (Lipinski definition) is 2. The Morgan fingerprint density at radius 1 is 1.15 bits per heavy atom. The van der Waals surface area contributed by atoms with Crippen LogP contribution in [0.25, 0.3) is 0 Å². The molecular weight excluding hydrogens is 172 g/mol. The van der Waals surface area contributed by atoms with Crippen LogP contribution < -0.4 is 0 Å². The van der Waals surface area contributed by atoms with Crippen LogP contribution in [-0.4, -0.2) is 22.2 Å². The smallest absolute Gasteiger partial charge is 0.303 e. The highest BCUT2D eigenvalue weighted by molar-refractivity contribution is 5.66. The normalized spacial score (nSPS) is 8.92. The molecule has 4 nitrogen and oxygen atoms in total. The van der Waals surface area contributed by atoms with Crippen molar-refractivity contribution in [3.8, 4) is 0 Å². The van der Waals surface area contributed by atoms with Gasteiger partial charge in [0.25, 0.3) is 0 Å². The third-order valence-corrected chi connectivity index (χ3v) is 1.05. The molecule has 0 aliphatic carbocycles. The topological polar surface area (TPSA) is 74.6 Å². The van der Waals surface area contributed by atoms with Gasteiger partial charge in [-0.25, -0.2) is 0 Å². The molecule has 0 aromatic heterocycles. The van der Waals surface area contributed by atoms with E-state index in [1.165, 1.54) is 0 Å². The molecule has 0 radical (unpaired) electrons. The molecule has 0 saturated heterocycles. The van der Waals surface area contributed by atoms with Crippen molar-refractivity contribution in [2.24, 2.45) is 5.92 Å². The summed E-state index contributed by atoms with van der Waals surface area (Å²) in [6, 6.07) is 0. The van der Waals surface area contributed by atoms with Crippen molar-refractivity contribution in [1.29, 1.82) is 0 Å². The lowest BCUT2D eigenvalue weighted by Crippen LogP contribution is -1.99. The van der Waals surface area contributed by atoms with E-state index in [0.29, 0.717) is 6.42 Å². The van der Waals surface area contributed by atoms with Crippen LogP contribution in [-0.2, 0) is 9.59 Å². The molecule has 0 aromatic rings. The van der Waals surface area contributed by atoms with Crippen molar-refractivity contribution in [1.82, 2.24) is 0 Å². The molecule has 0 unspecified atom stereocenters. The third-order valence-electron chi connectivity index (χ3n) is 1.05. The largest absolute Gasteiger partial charge is 0.481 e. The summed E-state index contributed by atoms with van der Waals surface area (Å²) < 4.78 is 0. The first-order valence-electron chi connectivity index (χ1n) is 4.33. The van der Waals surface area contributed by atoms with Gasteiger partial charge in [-0.2, -0.15) is 0 Å². The Balaban J connectivity index is 0. The van der Waals surface area contributed by atoms with E-state index in [2.05, 4.69) is 0 Å². The predicted octanol–water partition coefficient (Wildman–Crippen LogP) is 1.99. The average Bonchev–Trinajstić information content (AvgIpc) is 1.83. The summed E-state index contributed by atoms with van der Waals surface area (Å²) in [6.45, 7) is 5.61. The molecule has 78 valence electrons. The fraction of sp³-hybridized carbons (Fsp3) is 0.778. The molecular formula is C9H18O4. The van der Waals surface area contributed by atoms with Crippen molar-refractivity contribution in [2.45, 2.75) is 40.0 Å². The standard InChI is InChI=1S/C5H10O2.C4H8O2/c1-4(2)3-5(6)7;1-2-3-4(5)6/h4H,3H2,1-2H3,(H,6,7);2-3H2,1H3,(H,5,6). The number of aliphatic carboxylic acids is 2. The molecule has 0 bridgehead atoms. The van der Waals surface area contributed by atoms with Gasteiger partial charge in [0.2, 0.25) is 0 Å². The van der Waals surface area contributed by atoms with Crippen LogP contribution in [0.5, 0.6) is 0 Å². The molecule has 0 rings (SSSR count). The summed E-state index contributed by atoms with van der Waals surface area (Å²) in [4.78, 5) is 19.4. The number of hydrogen-bond acceptors (Lipinski definition) is 2. The van der Waals surface area contributed by atoms with E-state index in [1.807, 2.05) is 20.8 Å². The van der Waals surface area contributed by atoms with E-state index >= 15 is 0 Å². The molecule has 0 aliphatic heterocycles. The summed E-state index contributed by atoms with van der Waals surface area (Å²) >= 11 is 0. The summed E-state index contributed by atoms with van der Waals surface area (Å²) in [7, 11) is 0. The van der Waals surface area contributed by atoms with Crippen LogP contribution >= 0.6 is 0 Å². The molecule has 0 aromatic carbocycles. The summed E-state index contributed by atoms with van der Waals surface area (Å²) in [5.74, 6) is -1.15. The number of rotatable bonds is 4. The Morgan fingerprint density at radius 3 is 1.62 bits per heavy atom. The number of carboxylic acids is 2. The second-order valence-corrected chi connectivity index (χ2v) is 3.14. The van der Waals surface area contributed by atoms with Gasteiger partial charge in [-0.3, -0.25) is 9.59 Å². The van der Waals surface area contributed by atoms with Crippen molar-refractivity contribution < 1.29 is 19.8 Å². The van der Waals surface area contributed by atoms with Gasteiger partial charge < -0.3 is 10.2 Å². The Kier molecular flexibility index (Phi) is 10.0. The third kappa shape index (κ3) is 24.8. The molecule has 0 aliphatic rings. The Hall–Kier alpha value is -1.06. The molecule has 0 amide bonds. The fourth-order valence-corrected chi connectivity index (χ4v) is 0.563. The van der Waals surface area contributed by atoms with E-state index in [4.69, 9.17) is 10.2 Å². The summed E-state index contributed by atoms with van der Waals surface area (Å²) in [5, 5.41) is 16.0. The lowest BCUT2D eigenvalue weighted by molar-refractivity contribution is -0.138. The minimum Gasteiger partial charge on any atom is -0.481 e. The maximum atomic E-state index is 9.81. The van der Waals surface area contributed by atoms with Crippen molar-refractivity contribution >= 4 is 11.9 Å². The molecule has 4 heteroatoms. The Bertz CT molecular complexity index is 152. The predicted molar refractivity (Wildman–Crippen MR) is 49.6 cm³/mol. The van der Waals surface area contributed by atoms with E-state index in [0.717, 1.165) is 6.42 Å². The molecule has 2 N–H and O–H groups in total. The van der Waals surface area contributed by atoms with Crippen LogP contribution in [0, 0.1) is 5.92 Å². The van der Waals surface area contributed by atoms with Gasteiger partial charge in [0, 0.05) is 12.8 Å². The fourth-order valence-electron chi connectivity index (χ4n) is 0.563. The molecule has 0 fully saturated rings. The average molecular weight is 190 g/mol. The number of carbonyl (C=O) groups is 2. The maximum Gasteiger partial charge on any atom is 0.303 e. The van der Waals surface area contributed by atoms with Crippen LogP contribution in [0.15, 0.2) is 0 Å². The molecule has 0 spiro atoms. The lowest BCUT2D eigenvalue weighted by atomic mass is 10.1. The van der Waals surface area contributed by atoms with Gasteiger partial charge in [0.05, 0.1) is 0 Å². The SMILES string of the molecule is CC(C)CC(=O)O.CCCC(=O)O. The second-order valence-electron chi connectivity index (χ2n) is 3.14. The first kappa shape index (κ1) is 14.5. The van der Waals surface area contributed by atoms with Gasteiger partial charge in [0.1, 0.15) is 0 Å². The van der Waals surface area contributed by atoms with Gasteiger partial charge >= 0.3 is 11.9 Å². The summed E-state index contributed by atoms with van der Waals surface area (Å²) in [5.41, 5.74) is 0. The Morgan fingerprint density at radius 2 is 1.62 bits per heavy atom. The minimum absolute atomic E-state index is 0.275. The van der Waals surface area contributed by atoms with Gasteiger partial charge in [-0.15, -0.1) is 0 Å². The first-order chi connectivity index (χ1) is 5.90. The van der Waals surface area contributed by atoms with Crippen LogP contribution in [0.1, 0.15) is 40.0 Å². The van der Waals surface area contributed by atoms with Gasteiger partial charge in [0.15, 0.2) is 0 Å². The van der Waals surface area contributed by atoms with Gasteiger partial charge in [-0.05, 0) is 12.3 Å². The first-order valence-corrected chi connectivity index (χ1v) is 4.33. The van der Waals surface area contributed by atoms with E-state index < -0.39 is 11.9 Å². The maximum absolute atomic E-state index is 9.81. The van der Waals surface area contributed by atoms with E-state index in [9.17, 15) is 9.59 Å². The lowest BCUT2D eigenvalue weighted by Gasteiger charge is -1.94. The zero-order valence-corrected chi connectivity index (χ0v) is 8.41. The molecule has 13 heavy (non-hydrogen) atoms. The molecule has 0 saturated carbocycles. The number of carboxylic acid groups (broad SMARTS) is 2. The molecule has 0 heterocycles. The second kappa shape index (κ2) is 9.03. The highest BCUT2D eigenvalue weighted by atomic mass is 16.4. The summed E-state index contributed by atoms with van der Waals surface area (Å²) in [6.07, 6.45) is 1.30. The Labute approximate surface area is 78.6 Å². The van der Waals surface area contributed by atoms with Crippen LogP contribution in [0.3, 0.4) is 0 Å². The van der Waals surface area contributed by atoms with Crippen molar-refractivity contribution in [3.05, 3.63) is 0 Å². The monoisotopic (exact) mass is 190 g/mol.